The molecule has 0 aromatic heterocycles. The summed E-state index contributed by atoms with van der Waals surface area (Å²) in [6.07, 6.45) is 1.32. The van der Waals surface area contributed by atoms with E-state index in [0.29, 0.717) is 13.0 Å². The largest absolute Gasteiger partial charge is 0.468 e. The number of methoxy groups -OCH3 is 2. The van der Waals surface area contributed by atoms with E-state index in [1.807, 2.05) is 41.5 Å². The lowest BCUT2D eigenvalue weighted by atomic mass is 9.93. The molecule has 5 nitrogen and oxygen atoms in total. The molecule has 0 rings (SSSR count). The number of hydrogen-bond donors (Lipinski definition) is 1. The molecule has 0 heterocycles. The molecule has 2 atom stereocenters. The smallest absolute Gasteiger partial charge is 0.325 e. The van der Waals surface area contributed by atoms with E-state index in [2.05, 4.69) is 5.32 Å². The van der Waals surface area contributed by atoms with Crippen LogP contribution in [0.3, 0.4) is 0 Å². The summed E-state index contributed by atoms with van der Waals surface area (Å²) in [6.45, 7) is 12.5. The molecule has 0 radical (unpaired) electrons. The van der Waals surface area contributed by atoms with Gasteiger partial charge in [0.25, 0.3) is 0 Å². The van der Waals surface area contributed by atoms with E-state index in [1.165, 1.54) is 7.11 Å². The Morgan fingerprint density at radius 1 is 1.14 bits per heavy atom. The van der Waals surface area contributed by atoms with Crippen molar-refractivity contribution < 1.29 is 19.0 Å². The van der Waals surface area contributed by atoms with Crippen LogP contribution in [0.1, 0.15) is 54.4 Å². The minimum absolute atomic E-state index is 0.0481. The van der Waals surface area contributed by atoms with Gasteiger partial charge in [0.05, 0.1) is 18.8 Å². The Hall–Kier alpha value is -0.650. The molecule has 0 aromatic rings. The second-order valence-electron chi connectivity index (χ2n) is 6.72. The van der Waals surface area contributed by atoms with Crippen LogP contribution in [0.5, 0.6) is 0 Å². The molecule has 1 N–H and O–H groups in total. The SMILES string of the molecule is COC(=O)C(C)(CC(C)OCCC(C)(C)OC)NC(C)C. The van der Waals surface area contributed by atoms with Crippen LogP contribution in [0.4, 0.5) is 0 Å². The maximum absolute atomic E-state index is 12.0. The van der Waals surface area contributed by atoms with Crippen LogP contribution in [0.2, 0.25) is 0 Å². The van der Waals surface area contributed by atoms with Crippen molar-refractivity contribution in [3.8, 4) is 0 Å². The Kier molecular flexibility index (Phi) is 8.44. The molecular weight excluding hydrogens is 270 g/mol. The van der Waals surface area contributed by atoms with Crippen molar-refractivity contribution in [3.63, 3.8) is 0 Å². The minimum atomic E-state index is -0.737. The summed E-state index contributed by atoms with van der Waals surface area (Å²) in [5.74, 6) is -0.260. The van der Waals surface area contributed by atoms with Gasteiger partial charge in [-0.1, -0.05) is 0 Å². The zero-order chi connectivity index (χ0) is 16.7. The fraction of sp³-hybridized carbons (Fsp3) is 0.938. The van der Waals surface area contributed by atoms with E-state index in [9.17, 15) is 4.79 Å². The van der Waals surface area contributed by atoms with Crippen molar-refractivity contribution >= 4 is 5.97 Å². The third-order valence-corrected chi connectivity index (χ3v) is 3.60. The molecule has 0 saturated heterocycles. The van der Waals surface area contributed by atoms with Gasteiger partial charge in [-0.25, -0.2) is 0 Å². The molecule has 5 heteroatoms. The maximum atomic E-state index is 12.0. The molecule has 0 aliphatic heterocycles. The third kappa shape index (κ3) is 7.79. The van der Waals surface area contributed by atoms with Crippen LogP contribution in [0, 0.1) is 0 Å². The lowest BCUT2D eigenvalue weighted by Crippen LogP contribution is -2.54. The summed E-state index contributed by atoms with van der Waals surface area (Å²) in [5.41, 5.74) is -0.930. The summed E-state index contributed by atoms with van der Waals surface area (Å²) in [4.78, 5) is 12.0. The molecule has 0 amide bonds. The standard InChI is InChI=1S/C16H33NO4/c1-12(2)17-16(6,14(18)19-7)11-13(3)21-10-9-15(4,5)20-8/h12-13,17H,9-11H2,1-8H3. The summed E-state index contributed by atoms with van der Waals surface area (Å²) in [7, 11) is 3.11. The highest BCUT2D eigenvalue weighted by molar-refractivity contribution is 5.80. The van der Waals surface area contributed by atoms with Crippen molar-refractivity contribution in [1.29, 1.82) is 0 Å². The first-order valence-corrected chi connectivity index (χ1v) is 7.59. The van der Waals surface area contributed by atoms with Gasteiger partial charge in [0, 0.05) is 26.2 Å². The highest BCUT2D eigenvalue weighted by Crippen LogP contribution is 2.19. The van der Waals surface area contributed by atoms with E-state index in [4.69, 9.17) is 14.2 Å². The minimum Gasteiger partial charge on any atom is -0.468 e. The first-order chi connectivity index (χ1) is 9.56. The van der Waals surface area contributed by atoms with Gasteiger partial charge < -0.3 is 14.2 Å². The van der Waals surface area contributed by atoms with Gasteiger partial charge in [0.1, 0.15) is 5.54 Å². The van der Waals surface area contributed by atoms with E-state index >= 15 is 0 Å². The molecule has 0 fully saturated rings. The van der Waals surface area contributed by atoms with E-state index in [-0.39, 0.29) is 23.7 Å². The Morgan fingerprint density at radius 3 is 2.14 bits per heavy atom. The zero-order valence-electron chi connectivity index (χ0n) is 14.9. The number of esters is 1. The average molecular weight is 303 g/mol. The molecular formula is C16H33NO4. The van der Waals surface area contributed by atoms with Crippen LogP contribution >= 0.6 is 0 Å². The van der Waals surface area contributed by atoms with Gasteiger partial charge in [0.15, 0.2) is 0 Å². The lowest BCUT2D eigenvalue weighted by Gasteiger charge is -2.33. The summed E-state index contributed by atoms with van der Waals surface area (Å²) in [5, 5.41) is 3.28. The van der Waals surface area contributed by atoms with Gasteiger partial charge >= 0.3 is 5.97 Å². The first-order valence-electron chi connectivity index (χ1n) is 7.59. The number of rotatable bonds is 10. The van der Waals surface area contributed by atoms with Crippen LogP contribution in [0.15, 0.2) is 0 Å². The van der Waals surface area contributed by atoms with Gasteiger partial charge in [-0.2, -0.15) is 0 Å². The van der Waals surface area contributed by atoms with E-state index in [0.717, 1.165) is 6.42 Å². The van der Waals surface area contributed by atoms with Crippen molar-refractivity contribution in [2.45, 2.75) is 77.7 Å². The second-order valence-corrected chi connectivity index (χ2v) is 6.72. The quantitative estimate of drug-likeness (QED) is 0.629. The normalized spacial score (nSPS) is 16.6. The summed E-state index contributed by atoms with van der Waals surface area (Å²) in [6, 6.07) is 0.189. The molecule has 0 bridgehead atoms. The van der Waals surface area contributed by atoms with E-state index < -0.39 is 5.54 Å². The Bertz CT molecular complexity index is 317. The zero-order valence-corrected chi connectivity index (χ0v) is 14.9. The molecule has 2 unspecified atom stereocenters. The van der Waals surface area contributed by atoms with Crippen molar-refractivity contribution in [3.05, 3.63) is 0 Å². The maximum Gasteiger partial charge on any atom is 0.325 e. The fourth-order valence-corrected chi connectivity index (χ4v) is 2.31. The van der Waals surface area contributed by atoms with Gasteiger partial charge in [-0.05, 0) is 48.0 Å². The fourth-order valence-electron chi connectivity index (χ4n) is 2.31. The van der Waals surface area contributed by atoms with Gasteiger partial charge in [-0.15, -0.1) is 0 Å². The molecule has 0 aliphatic rings. The second kappa shape index (κ2) is 8.71. The predicted molar refractivity (Wildman–Crippen MR) is 84.4 cm³/mol. The number of carbonyl (C=O) groups excluding carboxylic acids is 1. The molecule has 0 saturated carbocycles. The highest BCUT2D eigenvalue weighted by atomic mass is 16.5. The van der Waals surface area contributed by atoms with Crippen LogP contribution in [0.25, 0.3) is 0 Å². The van der Waals surface area contributed by atoms with E-state index in [1.54, 1.807) is 7.11 Å². The molecule has 21 heavy (non-hydrogen) atoms. The van der Waals surface area contributed by atoms with Crippen LogP contribution in [-0.2, 0) is 19.0 Å². The van der Waals surface area contributed by atoms with Crippen molar-refractivity contribution in [1.82, 2.24) is 5.32 Å². The number of ether oxygens (including phenoxy) is 3. The number of carbonyl (C=O) groups is 1. The molecule has 0 aromatic carbocycles. The van der Waals surface area contributed by atoms with Crippen molar-refractivity contribution in [2.24, 2.45) is 0 Å². The van der Waals surface area contributed by atoms with Gasteiger partial charge in [0.2, 0.25) is 0 Å². The summed E-state index contributed by atoms with van der Waals surface area (Å²) >= 11 is 0. The Morgan fingerprint density at radius 2 is 1.71 bits per heavy atom. The molecule has 0 spiro atoms. The predicted octanol–water partition coefficient (Wildman–Crippen LogP) is 2.53. The Balaban J connectivity index is 4.48. The van der Waals surface area contributed by atoms with Crippen LogP contribution in [-0.4, -0.2) is 50.1 Å². The van der Waals surface area contributed by atoms with Crippen LogP contribution < -0.4 is 5.32 Å². The number of nitrogens with one attached hydrogen (secondary N) is 1. The molecule has 0 aliphatic carbocycles. The monoisotopic (exact) mass is 303 g/mol. The third-order valence-electron chi connectivity index (χ3n) is 3.60. The lowest BCUT2D eigenvalue weighted by molar-refractivity contribution is -0.150. The topological polar surface area (TPSA) is 56.8 Å². The average Bonchev–Trinajstić information content (AvgIpc) is 2.36. The molecule has 126 valence electrons. The highest BCUT2D eigenvalue weighted by Gasteiger charge is 2.36. The summed E-state index contributed by atoms with van der Waals surface area (Å²) < 4.78 is 16.1. The van der Waals surface area contributed by atoms with Gasteiger partial charge in [-0.3, -0.25) is 10.1 Å². The number of hydrogen-bond acceptors (Lipinski definition) is 5. The first kappa shape index (κ1) is 20.3. The van der Waals surface area contributed by atoms with Crippen molar-refractivity contribution in [2.75, 3.05) is 20.8 Å². The Labute approximate surface area is 129 Å².